The van der Waals surface area contributed by atoms with Gasteiger partial charge >= 0.3 is 0 Å². The van der Waals surface area contributed by atoms with Crippen molar-refractivity contribution in [3.05, 3.63) is 0 Å². The molecule has 1 rings (SSSR count). The van der Waals surface area contributed by atoms with Gasteiger partial charge in [0.05, 0.1) is 6.61 Å². The summed E-state index contributed by atoms with van der Waals surface area (Å²) in [6.45, 7) is 3.78. The van der Waals surface area contributed by atoms with E-state index in [1.54, 1.807) is 0 Å². The smallest absolute Gasteiger partial charge is 0.0619 e. The summed E-state index contributed by atoms with van der Waals surface area (Å²) in [7, 11) is 2.06. The van der Waals surface area contributed by atoms with Gasteiger partial charge < -0.3 is 10.1 Å². The number of nitrogens with one attached hydrogen (secondary N) is 1. The van der Waals surface area contributed by atoms with E-state index in [1.165, 1.54) is 44.9 Å². The molecule has 1 saturated carbocycles. The van der Waals surface area contributed by atoms with E-state index in [2.05, 4.69) is 19.3 Å². The van der Waals surface area contributed by atoms with E-state index in [0.29, 0.717) is 6.04 Å². The molecule has 0 aromatic rings. The fourth-order valence-electron chi connectivity index (χ4n) is 2.53. The molecule has 0 aliphatic heterocycles. The molecular weight excluding hydrogens is 186 g/mol. The van der Waals surface area contributed by atoms with Crippen molar-refractivity contribution in [3.63, 3.8) is 0 Å². The first-order valence-corrected chi connectivity index (χ1v) is 6.61. The first kappa shape index (κ1) is 13.0. The summed E-state index contributed by atoms with van der Waals surface area (Å²) in [5, 5.41) is 3.38. The Morgan fingerprint density at radius 1 is 1.20 bits per heavy atom. The minimum Gasteiger partial charge on any atom is -0.380 e. The topological polar surface area (TPSA) is 21.3 Å². The van der Waals surface area contributed by atoms with Crippen LogP contribution in [0.15, 0.2) is 0 Å². The molecule has 15 heavy (non-hydrogen) atoms. The van der Waals surface area contributed by atoms with Crippen LogP contribution in [0, 0.1) is 5.92 Å². The molecule has 0 amide bonds. The van der Waals surface area contributed by atoms with Gasteiger partial charge in [0.15, 0.2) is 0 Å². The average molecular weight is 213 g/mol. The lowest BCUT2D eigenvalue weighted by atomic mass is 9.93. The normalized spacial score (nSPS) is 21.2. The van der Waals surface area contributed by atoms with Crippen molar-refractivity contribution in [3.8, 4) is 0 Å². The Bertz CT molecular complexity index is 141. The largest absolute Gasteiger partial charge is 0.380 e. The summed E-state index contributed by atoms with van der Waals surface area (Å²) in [4.78, 5) is 0. The molecule has 1 fully saturated rings. The van der Waals surface area contributed by atoms with Gasteiger partial charge in [-0.05, 0) is 26.3 Å². The van der Waals surface area contributed by atoms with Crippen LogP contribution in [-0.4, -0.2) is 26.3 Å². The van der Waals surface area contributed by atoms with Crippen molar-refractivity contribution in [2.24, 2.45) is 5.92 Å². The highest BCUT2D eigenvalue weighted by Crippen LogP contribution is 2.26. The van der Waals surface area contributed by atoms with Crippen LogP contribution in [0.5, 0.6) is 0 Å². The molecule has 1 N–H and O–H groups in total. The summed E-state index contributed by atoms with van der Waals surface area (Å²) < 4.78 is 5.50. The van der Waals surface area contributed by atoms with Gasteiger partial charge in [-0.2, -0.15) is 0 Å². The molecule has 0 radical (unpaired) electrons. The molecule has 0 spiro atoms. The second kappa shape index (κ2) is 8.12. The number of ether oxygens (including phenoxy) is 1. The Morgan fingerprint density at radius 2 is 1.87 bits per heavy atom. The van der Waals surface area contributed by atoms with Gasteiger partial charge in [-0.25, -0.2) is 0 Å². The van der Waals surface area contributed by atoms with Crippen molar-refractivity contribution in [2.75, 3.05) is 20.3 Å². The van der Waals surface area contributed by atoms with Crippen molar-refractivity contribution in [2.45, 2.75) is 57.9 Å². The molecular formula is C13H27NO. The van der Waals surface area contributed by atoms with Gasteiger partial charge in [-0.15, -0.1) is 0 Å². The maximum absolute atomic E-state index is 5.50. The third kappa shape index (κ3) is 5.53. The molecule has 0 bridgehead atoms. The zero-order chi connectivity index (χ0) is 10.9. The highest BCUT2D eigenvalue weighted by Gasteiger charge is 2.16. The summed E-state index contributed by atoms with van der Waals surface area (Å²) in [5.41, 5.74) is 0. The zero-order valence-corrected chi connectivity index (χ0v) is 10.4. The first-order valence-electron chi connectivity index (χ1n) is 6.61. The highest BCUT2D eigenvalue weighted by molar-refractivity contribution is 4.72. The minimum atomic E-state index is 0.563. The Balaban J connectivity index is 2.22. The van der Waals surface area contributed by atoms with Crippen molar-refractivity contribution < 1.29 is 4.74 Å². The molecule has 0 aromatic carbocycles. The number of hydrogen-bond acceptors (Lipinski definition) is 2. The van der Waals surface area contributed by atoms with Gasteiger partial charge in [0.1, 0.15) is 0 Å². The maximum atomic E-state index is 5.50. The van der Waals surface area contributed by atoms with Crippen LogP contribution in [0.25, 0.3) is 0 Å². The Hall–Kier alpha value is -0.0800. The fourth-order valence-corrected chi connectivity index (χ4v) is 2.53. The van der Waals surface area contributed by atoms with Crippen LogP contribution >= 0.6 is 0 Å². The summed E-state index contributed by atoms with van der Waals surface area (Å²) >= 11 is 0. The molecule has 1 atom stereocenters. The zero-order valence-electron chi connectivity index (χ0n) is 10.4. The Morgan fingerprint density at radius 3 is 2.40 bits per heavy atom. The average Bonchev–Trinajstić information content (AvgIpc) is 2.52. The lowest BCUT2D eigenvalue weighted by Gasteiger charge is -2.22. The standard InChI is InChI=1S/C13H27NO/c1-3-15-11-13(14-2)10-12-8-6-4-5-7-9-12/h12-14H,3-11H2,1-2H3. The van der Waals surface area contributed by atoms with Crippen molar-refractivity contribution in [1.82, 2.24) is 5.32 Å². The fraction of sp³-hybridized carbons (Fsp3) is 1.00. The Kier molecular flexibility index (Phi) is 7.03. The molecule has 0 aromatic heterocycles. The van der Waals surface area contributed by atoms with Crippen molar-refractivity contribution in [1.29, 1.82) is 0 Å². The minimum absolute atomic E-state index is 0.563. The second-order valence-electron chi connectivity index (χ2n) is 4.74. The summed E-state index contributed by atoms with van der Waals surface area (Å²) in [5.74, 6) is 0.936. The molecule has 2 nitrogen and oxygen atoms in total. The van der Waals surface area contributed by atoms with Gasteiger partial charge in [0.2, 0.25) is 0 Å². The molecule has 1 aliphatic carbocycles. The number of likely N-dealkylation sites (N-methyl/N-ethyl adjacent to an activating group) is 1. The van der Waals surface area contributed by atoms with Gasteiger partial charge in [0.25, 0.3) is 0 Å². The summed E-state index contributed by atoms with van der Waals surface area (Å²) in [6.07, 6.45) is 9.95. The Labute approximate surface area is 94.8 Å². The van der Waals surface area contributed by atoms with E-state index in [0.717, 1.165) is 19.1 Å². The van der Waals surface area contributed by atoms with Gasteiger partial charge in [0, 0.05) is 12.6 Å². The predicted octanol–water partition coefficient (Wildman–Crippen LogP) is 2.97. The quantitative estimate of drug-likeness (QED) is 0.685. The van der Waals surface area contributed by atoms with E-state index in [4.69, 9.17) is 4.74 Å². The first-order chi connectivity index (χ1) is 7.36. The SMILES string of the molecule is CCOCC(CC1CCCCCC1)NC. The van der Waals surface area contributed by atoms with E-state index < -0.39 is 0 Å². The molecule has 1 aliphatic rings. The van der Waals surface area contributed by atoms with Crippen LogP contribution in [0.1, 0.15) is 51.9 Å². The van der Waals surface area contributed by atoms with E-state index in [1.807, 2.05) is 0 Å². The molecule has 90 valence electrons. The molecule has 0 heterocycles. The van der Waals surface area contributed by atoms with Gasteiger partial charge in [-0.3, -0.25) is 0 Å². The maximum Gasteiger partial charge on any atom is 0.0619 e. The predicted molar refractivity (Wildman–Crippen MR) is 65.1 cm³/mol. The van der Waals surface area contributed by atoms with Crippen LogP contribution in [0.2, 0.25) is 0 Å². The number of rotatable bonds is 6. The summed E-state index contributed by atoms with van der Waals surface area (Å²) in [6, 6.07) is 0.563. The third-order valence-electron chi connectivity index (χ3n) is 3.52. The van der Waals surface area contributed by atoms with Crippen molar-refractivity contribution >= 4 is 0 Å². The second-order valence-corrected chi connectivity index (χ2v) is 4.74. The van der Waals surface area contributed by atoms with Crippen LogP contribution in [0.4, 0.5) is 0 Å². The molecule has 2 heteroatoms. The highest BCUT2D eigenvalue weighted by atomic mass is 16.5. The third-order valence-corrected chi connectivity index (χ3v) is 3.52. The molecule has 0 saturated heterocycles. The monoisotopic (exact) mass is 213 g/mol. The van der Waals surface area contributed by atoms with E-state index in [-0.39, 0.29) is 0 Å². The lowest BCUT2D eigenvalue weighted by Crippen LogP contribution is -2.32. The van der Waals surface area contributed by atoms with Gasteiger partial charge in [-0.1, -0.05) is 38.5 Å². The molecule has 1 unspecified atom stereocenters. The van der Waals surface area contributed by atoms with E-state index >= 15 is 0 Å². The number of hydrogen-bond donors (Lipinski definition) is 1. The lowest BCUT2D eigenvalue weighted by molar-refractivity contribution is 0.115. The van der Waals surface area contributed by atoms with E-state index in [9.17, 15) is 0 Å². The van der Waals surface area contributed by atoms with Crippen LogP contribution < -0.4 is 5.32 Å². The van der Waals surface area contributed by atoms with Crippen LogP contribution in [0.3, 0.4) is 0 Å². The van der Waals surface area contributed by atoms with Crippen LogP contribution in [-0.2, 0) is 4.74 Å².